The molecule has 7 heteroatoms. The SMILES string of the molecule is Cc1cc(CNCC(F)(F)CNC(=O)OC(C)(C)C)ccc1Br. The van der Waals surface area contributed by atoms with E-state index >= 15 is 0 Å². The van der Waals surface area contributed by atoms with E-state index < -0.39 is 30.7 Å². The quantitative estimate of drug-likeness (QED) is 0.768. The Labute approximate surface area is 144 Å². The van der Waals surface area contributed by atoms with Gasteiger partial charge in [-0.25, -0.2) is 13.6 Å². The molecule has 0 heterocycles. The lowest BCUT2D eigenvalue weighted by Gasteiger charge is -2.22. The monoisotopic (exact) mass is 392 g/mol. The van der Waals surface area contributed by atoms with Crippen molar-refractivity contribution in [3.8, 4) is 0 Å². The smallest absolute Gasteiger partial charge is 0.407 e. The van der Waals surface area contributed by atoms with Gasteiger partial charge in [-0.2, -0.15) is 0 Å². The maximum Gasteiger partial charge on any atom is 0.407 e. The summed E-state index contributed by atoms with van der Waals surface area (Å²) >= 11 is 3.39. The van der Waals surface area contributed by atoms with Gasteiger partial charge in [0.1, 0.15) is 5.60 Å². The van der Waals surface area contributed by atoms with Gasteiger partial charge in [-0.1, -0.05) is 28.1 Å². The van der Waals surface area contributed by atoms with Crippen LogP contribution in [-0.2, 0) is 11.3 Å². The minimum atomic E-state index is -3.05. The second-order valence-corrected chi connectivity index (χ2v) is 7.25. The molecule has 0 aliphatic rings. The van der Waals surface area contributed by atoms with Gasteiger partial charge in [0, 0.05) is 11.0 Å². The molecule has 2 N–H and O–H groups in total. The normalized spacial score (nSPS) is 12.1. The third-order valence-electron chi connectivity index (χ3n) is 2.83. The fraction of sp³-hybridized carbons (Fsp3) is 0.562. The molecule has 0 aromatic heterocycles. The number of benzene rings is 1. The van der Waals surface area contributed by atoms with Gasteiger partial charge in [-0.05, 0) is 44.9 Å². The van der Waals surface area contributed by atoms with Crippen molar-refractivity contribution in [1.29, 1.82) is 0 Å². The number of halogens is 3. The number of alkyl halides is 2. The molecular formula is C16H23BrF2N2O2. The number of amides is 1. The molecule has 4 nitrogen and oxygen atoms in total. The van der Waals surface area contributed by atoms with Crippen molar-refractivity contribution >= 4 is 22.0 Å². The standard InChI is InChI=1S/C16H23BrF2N2O2/c1-11-7-12(5-6-13(11)17)8-20-9-16(18,19)10-21-14(22)23-15(2,3)4/h5-7,20H,8-10H2,1-4H3,(H,21,22). The minimum Gasteiger partial charge on any atom is -0.444 e. The Bertz CT molecular complexity index is 545. The summed E-state index contributed by atoms with van der Waals surface area (Å²) in [6.07, 6.45) is -0.847. The number of nitrogens with one attached hydrogen (secondary N) is 2. The summed E-state index contributed by atoms with van der Waals surface area (Å²) in [5.74, 6) is -3.05. The van der Waals surface area contributed by atoms with E-state index in [1.165, 1.54) is 0 Å². The van der Waals surface area contributed by atoms with Crippen LogP contribution in [0.25, 0.3) is 0 Å². The molecular weight excluding hydrogens is 370 g/mol. The Kier molecular flexibility index (Phi) is 6.95. The van der Waals surface area contributed by atoms with Crippen LogP contribution in [-0.4, -0.2) is 30.7 Å². The van der Waals surface area contributed by atoms with E-state index in [1.54, 1.807) is 20.8 Å². The fourth-order valence-electron chi connectivity index (χ4n) is 1.78. The summed E-state index contributed by atoms with van der Waals surface area (Å²) in [5, 5.41) is 4.79. The molecule has 0 bridgehead atoms. The molecule has 130 valence electrons. The van der Waals surface area contributed by atoms with E-state index in [0.29, 0.717) is 6.54 Å². The number of carbonyl (C=O) groups is 1. The number of hydrogen-bond donors (Lipinski definition) is 2. The van der Waals surface area contributed by atoms with Crippen LogP contribution in [0.15, 0.2) is 22.7 Å². The van der Waals surface area contributed by atoms with Crippen molar-refractivity contribution in [2.75, 3.05) is 13.1 Å². The lowest BCUT2D eigenvalue weighted by Crippen LogP contribution is -2.44. The van der Waals surface area contributed by atoms with Gasteiger partial charge in [-0.15, -0.1) is 0 Å². The summed E-state index contributed by atoms with van der Waals surface area (Å²) < 4.78 is 33.3. The van der Waals surface area contributed by atoms with E-state index in [2.05, 4.69) is 26.6 Å². The molecule has 0 aliphatic heterocycles. The second kappa shape index (κ2) is 8.06. The highest BCUT2D eigenvalue weighted by Gasteiger charge is 2.30. The lowest BCUT2D eigenvalue weighted by molar-refractivity contribution is -0.00376. The van der Waals surface area contributed by atoms with Gasteiger partial charge in [0.05, 0.1) is 13.1 Å². The van der Waals surface area contributed by atoms with Crippen LogP contribution in [0.3, 0.4) is 0 Å². The molecule has 0 spiro atoms. The van der Waals surface area contributed by atoms with Crippen LogP contribution in [0.2, 0.25) is 0 Å². The van der Waals surface area contributed by atoms with Crippen molar-refractivity contribution in [1.82, 2.24) is 10.6 Å². The maximum atomic E-state index is 13.7. The van der Waals surface area contributed by atoms with Gasteiger partial charge in [0.2, 0.25) is 0 Å². The predicted molar refractivity (Wildman–Crippen MR) is 89.8 cm³/mol. The molecule has 0 unspecified atom stereocenters. The van der Waals surface area contributed by atoms with E-state index in [1.807, 2.05) is 25.1 Å². The number of alkyl carbamates (subject to hydrolysis) is 1. The zero-order chi connectivity index (χ0) is 17.7. The molecule has 1 amide bonds. The highest BCUT2D eigenvalue weighted by atomic mass is 79.9. The highest BCUT2D eigenvalue weighted by molar-refractivity contribution is 9.10. The molecule has 23 heavy (non-hydrogen) atoms. The average Bonchev–Trinajstić information content (AvgIpc) is 2.39. The molecule has 0 atom stereocenters. The van der Waals surface area contributed by atoms with Crippen LogP contribution in [0.1, 0.15) is 31.9 Å². The molecule has 1 rings (SSSR count). The van der Waals surface area contributed by atoms with E-state index in [0.717, 1.165) is 15.6 Å². The number of ether oxygens (including phenoxy) is 1. The van der Waals surface area contributed by atoms with Crippen molar-refractivity contribution < 1.29 is 18.3 Å². The Morgan fingerprint density at radius 1 is 1.26 bits per heavy atom. The lowest BCUT2D eigenvalue weighted by atomic mass is 10.1. The van der Waals surface area contributed by atoms with E-state index in [4.69, 9.17) is 4.74 Å². The third-order valence-corrected chi connectivity index (χ3v) is 3.72. The minimum absolute atomic E-state index is 0.330. The Balaban J connectivity index is 2.37. The molecule has 1 aromatic carbocycles. The van der Waals surface area contributed by atoms with Crippen LogP contribution >= 0.6 is 15.9 Å². The fourth-order valence-corrected chi connectivity index (χ4v) is 2.03. The zero-order valence-corrected chi connectivity index (χ0v) is 15.4. The van der Waals surface area contributed by atoms with Gasteiger partial charge in [0.25, 0.3) is 5.92 Å². The molecule has 0 aliphatic carbocycles. The van der Waals surface area contributed by atoms with Gasteiger partial charge >= 0.3 is 6.09 Å². The first-order valence-electron chi connectivity index (χ1n) is 7.29. The number of carbonyl (C=O) groups excluding carboxylic acids is 1. The molecule has 0 radical (unpaired) electrons. The zero-order valence-electron chi connectivity index (χ0n) is 13.8. The first kappa shape index (κ1) is 19.8. The third kappa shape index (κ3) is 8.27. The summed E-state index contributed by atoms with van der Waals surface area (Å²) in [6.45, 7) is 5.99. The molecule has 0 saturated heterocycles. The Morgan fingerprint density at radius 2 is 1.91 bits per heavy atom. The van der Waals surface area contributed by atoms with E-state index in [-0.39, 0.29) is 0 Å². The summed E-state index contributed by atoms with van der Waals surface area (Å²) in [6, 6.07) is 5.67. The van der Waals surface area contributed by atoms with Crippen molar-refractivity contribution in [3.05, 3.63) is 33.8 Å². The first-order valence-corrected chi connectivity index (χ1v) is 8.08. The van der Waals surface area contributed by atoms with Crippen molar-refractivity contribution in [3.63, 3.8) is 0 Å². The van der Waals surface area contributed by atoms with Crippen molar-refractivity contribution in [2.45, 2.75) is 45.8 Å². The van der Waals surface area contributed by atoms with Crippen molar-refractivity contribution in [2.24, 2.45) is 0 Å². The number of rotatable bonds is 6. The molecule has 0 fully saturated rings. The predicted octanol–water partition coefficient (Wildman–Crippen LogP) is 4.01. The van der Waals surface area contributed by atoms with Gasteiger partial charge in [-0.3, -0.25) is 0 Å². The molecule has 1 aromatic rings. The second-order valence-electron chi connectivity index (χ2n) is 6.40. The summed E-state index contributed by atoms with van der Waals surface area (Å²) in [7, 11) is 0. The van der Waals surface area contributed by atoms with Gasteiger partial charge < -0.3 is 15.4 Å². The highest BCUT2D eigenvalue weighted by Crippen LogP contribution is 2.17. The Hall–Kier alpha value is -1.21. The number of hydrogen-bond acceptors (Lipinski definition) is 3. The average molecular weight is 393 g/mol. The van der Waals surface area contributed by atoms with E-state index in [9.17, 15) is 13.6 Å². The van der Waals surface area contributed by atoms with Crippen LogP contribution in [0.4, 0.5) is 13.6 Å². The maximum absolute atomic E-state index is 13.7. The van der Waals surface area contributed by atoms with Crippen LogP contribution in [0, 0.1) is 6.92 Å². The largest absolute Gasteiger partial charge is 0.444 e. The Morgan fingerprint density at radius 3 is 2.48 bits per heavy atom. The number of aryl methyl sites for hydroxylation is 1. The van der Waals surface area contributed by atoms with Crippen LogP contribution < -0.4 is 10.6 Å². The first-order chi connectivity index (χ1) is 10.5. The summed E-state index contributed by atoms with van der Waals surface area (Å²) in [5.41, 5.74) is 1.25. The van der Waals surface area contributed by atoms with Gasteiger partial charge in [0.15, 0.2) is 0 Å². The topological polar surface area (TPSA) is 50.4 Å². The summed E-state index contributed by atoms with van der Waals surface area (Å²) in [4.78, 5) is 11.4. The van der Waals surface area contributed by atoms with Crippen LogP contribution in [0.5, 0.6) is 0 Å². The molecule has 0 saturated carbocycles.